The lowest BCUT2D eigenvalue weighted by Crippen LogP contribution is -2.34. The summed E-state index contributed by atoms with van der Waals surface area (Å²) in [5.74, 6) is 2.05. The van der Waals surface area contributed by atoms with Gasteiger partial charge in [-0.25, -0.2) is 15.0 Å². The van der Waals surface area contributed by atoms with Crippen molar-refractivity contribution in [1.29, 1.82) is 0 Å². The number of aliphatic hydroxyl groups excluding tert-OH is 1. The molecule has 0 bridgehead atoms. The van der Waals surface area contributed by atoms with Crippen LogP contribution in [0.2, 0.25) is 0 Å². The molecular formula is C31H33N3O3. The number of aromatic nitrogens is 3. The predicted octanol–water partition coefficient (Wildman–Crippen LogP) is 6.49. The topological polar surface area (TPSA) is 88.4 Å². The average molecular weight is 496 g/mol. The average Bonchev–Trinajstić information content (AvgIpc) is 2.85. The number of rotatable bonds is 5. The molecule has 1 heterocycles. The standard InChI is InChI=1S/C31H33N3O3/c1-18-9-12-23(20(3)15-18)29-32-30(24-13-10-19(2)16-21(24)4)34-31(33-29)25-14-11-22(17-27(25)36)37-28-8-6-5-7-26(28)35/h9-17,26,28,35-36H,5-8H2,1-4H3. The van der Waals surface area contributed by atoms with E-state index >= 15 is 0 Å². The molecule has 5 rings (SSSR count). The largest absolute Gasteiger partial charge is 0.507 e. The van der Waals surface area contributed by atoms with Crippen LogP contribution < -0.4 is 4.74 Å². The monoisotopic (exact) mass is 495 g/mol. The summed E-state index contributed by atoms with van der Waals surface area (Å²) in [4.78, 5) is 14.4. The minimum atomic E-state index is -0.486. The molecule has 0 amide bonds. The fraction of sp³-hybridized carbons (Fsp3) is 0.323. The number of aliphatic hydroxyl groups is 1. The molecule has 37 heavy (non-hydrogen) atoms. The Kier molecular flexibility index (Phi) is 6.94. The molecule has 2 atom stereocenters. The van der Waals surface area contributed by atoms with E-state index in [9.17, 15) is 10.2 Å². The van der Waals surface area contributed by atoms with Gasteiger partial charge in [0.25, 0.3) is 0 Å². The third kappa shape index (κ3) is 5.35. The van der Waals surface area contributed by atoms with Crippen molar-refractivity contribution in [2.45, 2.75) is 65.6 Å². The van der Waals surface area contributed by atoms with Crippen molar-refractivity contribution in [3.05, 3.63) is 76.9 Å². The summed E-state index contributed by atoms with van der Waals surface area (Å²) in [5.41, 5.74) is 6.82. The number of phenols is 1. The third-order valence-corrected chi connectivity index (χ3v) is 7.05. The number of benzene rings is 3. The highest BCUT2D eigenvalue weighted by Crippen LogP contribution is 2.35. The Morgan fingerprint density at radius 2 is 1.19 bits per heavy atom. The number of aryl methyl sites for hydroxylation is 4. The summed E-state index contributed by atoms with van der Waals surface area (Å²) >= 11 is 0. The van der Waals surface area contributed by atoms with Crippen LogP contribution in [0.3, 0.4) is 0 Å². The number of phenolic OH excluding ortho intramolecular Hbond substituents is 1. The second-order valence-corrected chi connectivity index (χ2v) is 10.1. The van der Waals surface area contributed by atoms with Crippen LogP contribution in [0.5, 0.6) is 11.5 Å². The highest BCUT2D eigenvalue weighted by Gasteiger charge is 2.25. The molecule has 0 aliphatic heterocycles. The lowest BCUT2D eigenvalue weighted by Gasteiger charge is -2.28. The van der Waals surface area contributed by atoms with Crippen LogP contribution in [0.15, 0.2) is 54.6 Å². The molecule has 0 saturated heterocycles. The first-order valence-electron chi connectivity index (χ1n) is 12.9. The quantitative estimate of drug-likeness (QED) is 0.329. The van der Waals surface area contributed by atoms with Crippen molar-refractivity contribution < 1.29 is 14.9 Å². The van der Waals surface area contributed by atoms with Gasteiger partial charge in [0.2, 0.25) is 0 Å². The highest BCUT2D eigenvalue weighted by molar-refractivity contribution is 5.72. The van der Waals surface area contributed by atoms with Crippen LogP contribution in [-0.2, 0) is 0 Å². The third-order valence-electron chi connectivity index (χ3n) is 7.05. The number of hydrogen-bond donors (Lipinski definition) is 2. The molecule has 6 heteroatoms. The molecule has 4 aromatic rings. The molecule has 0 radical (unpaired) electrons. The highest BCUT2D eigenvalue weighted by atomic mass is 16.5. The molecule has 1 saturated carbocycles. The molecule has 1 aliphatic carbocycles. The van der Waals surface area contributed by atoms with Gasteiger partial charge in [-0.2, -0.15) is 0 Å². The SMILES string of the molecule is Cc1ccc(-c2nc(-c3ccc(C)cc3C)nc(-c3ccc(OC4CCCCC4O)cc3O)n2)c(C)c1. The second kappa shape index (κ2) is 10.3. The smallest absolute Gasteiger partial charge is 0.167 e. The second-order valence-electron chi connectivity index (χ2n) is 10.1. The Labute approximate surface area is 218 Å². The lowest BCUT2D eigenvalue weighted by atomic mass is 9.95. The summed E-state index contributed by atoms with van der Waals surface area (Å²) in [6.45, 7) is 8.22. The van der Waals surface area contributed by atoms with Crippen molar-refractivity contribution in [3.63, 3.8) is 0 Å². The summed E-state index contributed by atoms with van der Waals surface area (Å²) in [6.07, 6.45) is 2.83. The van der Waals surface area contributed by atoms with E-state index in [1.807, 2.05) is 38.1 Å². The fourth-order valence-electron chi connectivity index (χ4n) is 5.03. The van der Waals surface area contributed by atoms with Crippen LogP contribution in [0, 0.1) is 27.7 Å². The zero-order valence-corrected chi connectivity index (χ0v) is 21.8. The van der Waals surface area contributed by atoms with Gasteiger partial charge < -0.3 is 14.9 Å². The summed E-state index contributed by atoms with van der Waals surface area (Å²) in [7, 11) is 0. The van der Waals surface area contributed by atoms with Gasteiger partial charge in [-0.3, -0.25) is 0 Å². The van der Waals surface area contributed by atoms with E-state index in [1.165, 1.54) is 11.1 Å². The van der Waals surface area contributed by atoms with Gasteiger partial charge in [0, 0.05) is 17.2 Å². The van der Waals surface area contributed by atoms with E-state index in [1.54, 1.807) is 18.2 Å². The van der Waals surface area contributed by atoms with E-state index in [-0.39, 0.29) is 11.9 Å². The van der Waals surface area contributed by atoms with Crippen LogP contribution in [0.25, 0.3) is 34.2 Å². The first-order chi connectivity index (χ1) is 17.8. The Balaban J connectivity index is 1.59. The number of aromatic hydroxyl groups is 1. The minimum absolute atomic E-state index is 0.0205. The molecule has 190 valence electrons. The Bertz CT molecular complexity index is 1380. The van der Waals surface area contributed by atoms with Gasteiger partial charge in [0.15, 0.2) is 17.5 Å². The van der Waals surface area contributed by atoms with Gasteiger partial charge in [-0.15, -0.1) is 0 Å². The molecule has 1 fully saturated rings. The van der Waals surface area contributed by atoms with Crippen molar-refractivity contribution in [3.8, 4) is 45.7 Å². The number of nitrogens with zero attached hydrogens (tertiary/aromatic N) is 3. The van der Waals surface area contributed by atoms with E-state index in [4.69, 9.17) is 19.7 Å². The van der Waals surface area contributed by atoms with Crippen molar-refractivity contribution >= 4 is 0 Å². The van der Waals surface area contributed by atoms with E-state index < -0.39 is 6.10 Å². The van der Waals surface area contributed by atoms with Gasteiger partial charge in [-0.05, 0) is 70.2 Å². The zero-order valence-electron chi connectivity index (χ0n) is 21.8. The lowest BCUT2D eigenvalue weighted by molar-refractivity contribution is 0.00679. The fourth-order valence-corrected chi connectivity index (χ4v) is 5.03. The van der Waals surface area contributed by atoms with Crippen LogP contribution in [0.1, 0.15) is 47.9 Å². The Morgan fingerprint density at radius 3 is 1.70 bits per heavy atom. The number of ether oxygens (including phenoxy) is 1. The Hall–Kier alpha value is -3.77. The molecule has 2 unspecified atom stereocenters. The predicted molar refractivity (Wildman–Crippen MR) is 146 cm³/mol. The van der Waals surface area contributed by atoms with E-state index in [0.29, 0.717) is 28.8 Å². The maximum absolute atomic E-state index is 11.0. The first kappa shape index (κ1) is 24.9. The molecule has 0 spiro atoms. The summed E-state index contributed by atoms with van der Waals surface area (Å²) in [6, 6.07) is 17.5. The van der Waals surface area contributed by atoms with Gasteiger partial charge >= 0.3 is 0 Å². The molecular weight excluding hydrogens is 462 g/mol. The first-order valence-corrected chi connectivity index (χ1v) is 12.9. The maximum Gasteiger partial charge on any atom is 0.167 e. The maximum atomic E-state index is 11.0. The molecule has 1 aromatic heterocycles. The summed E-state index contributed by atoms with van der Waals surface area (Å²) < 4.78 is 6.02. The normalized spacial score (nSPS) is 17.5. The number of hydrogen-bond acceptors (Lipinski definition) is 6. The van der Waals surface area contributed by atoms with Crippen molar-refractivity contribution in [2.75, 3.05) is 0 Å². The molecule has 1 aliphatic rings. The van der Waals surface area contributed by atoms with Gasteiger partial charge in [0.1, 0.15) is 17.6 Å². The van der Waals surface area contributed by atoms with E-state index in [0.717, 1.165) is 47.9 Å². The minimum Gasteiger partial charge on any atom is -0.507 e. The van der Waals surface area contributed by atoms with Crippen molar-refractivity contribution in [1.82, 2.24) is 15.0 Å². The van der Waals surface area contributed by atoms with Crippen LogP contribution >= 0.6 is 0 Å². The van der Waals surface area contributed by atoms with E-state index in [2.05, 4.69) is 26.0 Å². The zero-order chi connectivity index (χ0) is 26.1. The Morgan fingerprint density at radius 1 is 0.676 bits per heavy atom. The van der Waals surface area contributed by atoms with Crippen LogP contribution in [0.4, 0.5) is 0 Å². The molecule has 2 N–H and O–H groups in total. The summed E-state index contributed by atoms with van der Waals surface area (Å²) in [5, 5.41) is 21.3. The molecule has 6 nitrogen and oxygen atoms in total. The van der Waals surface area contributed by atoms with Gasteiger partial charge in [0.05, 0.1) is 11.7 Å². The van der Waals surface area contributed by atoms with Crippen molar-refractivity contribution in [2.24, 2.45) is 0 Å². The molecule has 3 aromatic carbocycles. The van der Waals surface area contributed by atoms with Crippen LogP contribution in [-0.4, -0.2) is 37.4 Å². The van der Waals surface area contributed by atoms with Gasteiger partial charge in [-0.1, -0.05) is 53.9 Å².